The summed E-state index contributed by atoms with van der Waals surface area (Å²) in [6.45, 7) is 4.78. The molecule has 1 aliphatic rings. The Bertz CT molecular complexity index is 366. The molecule has 4 nitrogen and oxygen atoms in total. The molecule has 0 spiro atoms. The summed E-state index contributed by atoms with van der Waals surface area (Å²) >= 11 is 1.65. The number of hydrogen-bond acceptors (Lipinski definition) is 5. The monoisotopic (exact) mass is 237 g/mol. The summed E-state index contributed by atoms with van der Waals surface area (Å²) in [5, 5.41) is 9.71. The van der Waals surface area contributed by atoms with E-state index in [0.29, 0.717) is 6.42 Å². The van der Waals surface area contributed by atoms with Crippen molar-refractivity contribution < 1.29 is 4.74 Å². The van der Waals surface area contributed by atoms with Gasteiger partial charge in [-0.25, -0.2) is 4.98 Å². The lowest BCUT2D eigenvalue weighted by molar-refractivity contribution is 0.0384. The number of hydrogen-bond donors (Lipinski definition) is 0. The number of nitrogens with zero attached hydrogens (tertiary/aromatic N) is 3. The van der Waals surface area contributed by atoms with Crippen LogP contribution in [0.15, 0.2) is 6.20 Å². The van der Waals surface area contributed by atoms with E-state index >= 15 is 0 Å². The molecule has 0 aromatic carbocycles. The molecule has 1 aliphatic heterocycles. The summed E-state index contributed by atoms with van der Waals surface area (Å²) in [5.74, 6) is 0. The summed E-state index contributed by atoms with van der Waals surface area (Å²) in [4.78, 5) is 7.80. The first kappa shape index (κ1) is 11.5. The van der Waals surface area contributed by atoms with E-state index in [4.69, 9.17) is 10.00 Å². The van der Waals surface area contributed by atoms with Gasteiger partial charge in [0.05, 0.1) is 30.7 Å². The van der Waals surface area contributed by atoms with Gasteiger partial charge in [0.25, 0.3) is 0 Å². The Balaban J connectivity index is 1.77. The molecule has 1 saturated heterocycles. The van der Waals surface area contributed by atoms with Gasteiger partial charge in [-0.05, 0) is 0 Å². The first-order valence-corrected chi connectivity index (χ1v) is 6.31. The minimum Gasteiger partial charge on any atom is -0.379 e. The number of nitriles is 1. The van der Waals surface area contributed by atoms with E-state index < -0.39 is 0 Å². The van der Waals surface area contributed by atoms with Crippen molar-refractivity contribution in [3.05, 3.63) is 16.1 Å². The van der Waals surface area contributed by atoms with Gasteiger partial charge in [-0.3, -0.25) is 4.90 Å². The standard InChI is InChI=1S/C11H15N3OS/c12-3-1-10-9-13-11(16-10)2-4-14-5-7-15-8-6-14/h9H,1-2,4-8H2. The van der Waals surface area contributed by atoms with Gasteiger partial charge in [0.15, 0.2) is 0 Å². The van der Waals surface area contributed by atoms with Crippen LogP contribution in [-0.2, 0) is 17.6 Å². The molecule has 16 heavy (non-hydrogen) atoms. The van der Waals surface area contributed by atoms with Gasteiger partial charge in [-0.1, -0.05) is 0 Å². The van der Waals surface area contributed by atoms with Crippen molar-refractivity contribution in [2.75, 3.05) is 32.8 Å². The molecule has 2 rings (SSSR count). The Labute approximate surface area is 99.5 Å². The van der Waals surface area contributed by atoms with E-state index in [-0.39, 0.29) is 0 Å². The predicted molar refractivity (Wildman–Crippen MR) is 62.4 cm³/mol. The SMILES string of the molecule is N#CCc1cnc(CCN2CCOCC2)s1. The Kier molecular flexibility index (Phi) is 4.28. The number of thiazole rings is 1. The van der Waals surface area contributed by atoms with E-state index in [1.807, 2.05) is 6.20 Å². The van der Waals surface area contributed by atoms with Crippen LogP contribution in [-0.4, -0.2) is 42.7 Å². The summed E-state index contributed by atoms with van der Waals surface area (Å²) in [7, 11) is 0. The van der Waals surface area contributed by atoms with Crippen molar-refractivity contribution in [3.8, 4) is 6.07 Å². The second-order valence-corrected chi connectivity index (χ2v) is 4.96. The minimum atomic E-state index is 0.481. The Morgan fingerprint density at radius 3 is 3.06 bits per heavy atom. The highest BCUT2D eigenvalue weighted by molar-refractivity contribution is 7.11. The van der Waals surface area contributed by atoms with E-state index in [1.54, 1.807) is 11.3 Å². The zero-order valence-electron chi connectivity index (χ0n) is 9.19. The molecule has 0 saturated carbocycles. The molecule has 0 aliphatic carbocycles. The van der Waals surface area contributed by atoms with Gasteiger partial charge in [0, 0.05) is 37.1 Å². The number of rotatable bonds is 4. The maximum Gasteiger partial charge on any atom is 0.0940 e. The average Bonchev–Trinajstić information content (AvgIpc) is 2.76. The fourth-order valence-electron chi connectivity index (χ4n) is 1.70. The highest BCUT2D eigenvalue weighted by Crippen LogP contribution is 2.14. The van der Waals surface area contributed by atoms with E-state index in [9.17, 15) is 0 Å². The molecule has 0 bridgehead atoms. The fourth-order valence-corrected chi connectivity index (χ4v) is 2.55. The van der Waals surface area contributed by atoms with Crippen LogP contribution in [0.5, 0.6) is 0 Å². The molecule has 0 unspecified atom stereocenters. The Morgan fingerprint density at radius 1 is 1.50 bits per heavy atom. The molecule has 86 valence electrons. The maximum atomic E-state index is 8.57. The smallest absolute Gasteiger partial charge is 0.0940 e. The Morgan fingerprint density at radius 2 is 2.31 bits per heavy atom. The van der Waals surface area contributed by atoms with Crippen molar-refractivity contribution in [1.82, 2.24) is 9.88 Å². The van der Waals surface area contributed by atoms with Gasteiger partial charge < -0.3 is 4.74 Å². The number of ether oxygens (including phenoxy) is 1. The molecule has 0 radical (unpaired) electrons. The molecule has 2 heterocycles. The normalized spacial score (nSPS) is 17.2. The molecular formula is C11H15N3OS. The van der Waals surface area contributed by atoms with Crippen LogP contribution >= 0.6 is 11.3 Å². The lowest BCUT2D eigenvalue weighted by atomic mass is 10.3. The van der Waals surface area contributed by atoms with Crippen LogP contribution < -0.4 is 0 Å². The third-order valence-electron chi connectivity index (χ3n) is 2.60. The number of aromatic nitrogens is 1. The second kappa shape index (κ2) is 5.94. The van der Waals surface area contributed by atoms with Crippen LogP contribution in [0.4, 0.5) is 0 Å². The summed E-state index contributed by atoms with van der Waals surface area (Å²) in [6, 6.07) is 2.15. The summed E-state index contributed by atoms with van der Waals surface area (Å²) < 4.78 is 5.30. The van der Waals surface area contributed by atoms with Crippen molar-refractivity contribution in [2.24, 2.45) is 0 Å². The third kappa shape index (κ3) is 3.27. The number of morpholine rings is 1. The predicted octanol–water partition coefficient (Wildman–Crippen LogP) is 1.08. The zero-order chi connectivity index (χ0) is 11.2. The average molecular weight is 237 g/mol. The molecule has 1 aromatic rings. The van der Waals surface area contributed by atoms with Crippen molar-refractivity contribution in [3.63, 3.8) is 0 Å². The quantitative estimate of drug-likeness (QED) is 0.786. The Hall–Kier alpha value is -0.960. The van der Waals surface area contributed by atoms with Gasteiger partial charge in [-0.15, -0.1) is 11.3 Å². The van der Waals surface area contributed by atoms with Crippen molar-refractivity contribution in [1.29, 1.82) is 5.26 Å². The van der Waals surface area contributed by atoms with Crippen molar-refractivity contribution >= 4 is 11.3 Å². The van der Waals surface area contributed by atoms with Crippen LogP contribution in [0.2, 0.25) is 0 Å². The topological polar surface area (TPSA) is 49.2 Å². The molecule has 0 atom stereocenters. The highest BCUT2D eigenvalue weighted by atomic mass is 32.1. The molecule has 5 heteroatoms. The second-order valence-electron chi connectivity index (χ2n) is 3.76. The van der Waals surface area contributed by atoms with Crippen LogP contribution in [0.3, 0.4) is 0 Å². The molecule has 1 aromatic heterocycles. The van der Waals surface area contributed by atoms with Gasteiger partial charge in [-0.2, -0.15) is 5.26 Å². The lowest BCUT2D eigenvalue weighted by Gasteiger charge is -2.25. The largest absolute Gasteiger partial charge is 0.379 e. The van der Waals surface area contributed by atoms with Crippen LogP contribution in [0.25, 0.3) is 0 Å². The molecule has 1 fully saturated rings. The third-order valence-corrected chi connectivity index (χ3v) is 3.66. The summed E-state index contributed by atoms with van der Waals surface area (Å²) in [6.07, 6.45) is 3.29. The van der Waals surface area contributed by atoms with E-state index in [1.165, 1.54) is 0 Å². The van der Waals surface area contributed by atoms with Crippen molar-refractivity contribution in [2.45, 2.75) is 12.8 Å². The molecular weight excluding hydrogens is 222 g/mol. The van der Waals surface area contributed by atoms with Gasteiger partial charge in [0.2, 0.25) is 0 Å². The maximum absolute atomic E-state index is 8.57. The first-order chi connectivity index (χ1) is 7.88. The molecule has 0 N–H and O–H groups in total. The van der Waals surface area contributed by atoms with Crippen LogP contribution in [0, 0.1) is 11.3 Å². The van der Waals surface area contributed by atoms with Gasteiger partial charge in [0.1, 0.15) is 0 Å². The fraction of sp³-hybridized carbons (Fsp3) is 0.636. The van der Waals surface area contributed by atoms with Gasteiger partial charge >= 0.3 is 0 Å². The van der Waals surface area contributed by atoms with E-state index in [0.717, 1.165) is 49.2 Å². The van der Waals surface area contributed by atoms with Crippen LogP contribution in [0.1, 0.15) is 9.88 Å². The van der Waals surface area contributed by atoms with E-state index in [2.05, 4.69) is 16.0 Å². The minimum absolute atomic E-state index is 0.481. The zero-order valence-corrected chi connectivity index (χ0v) is 10.0. The summed E-state index contributed by atoms with van der Waals surface area (Å²) in [5.41, 5.74) is 0. The lowest BCUT2D eigenvalue weighted by Crippen LogP contribution is -2.37. The highest BCUT2D eigenvalue weighted by Gasteiger charge is 2.10. The molecule has 0 amide bonds. The first-order valence-electron chi connectivity index (χ1n) is 5.49.